The first kappa shape index (κ1) is 17.8. The molecule has 0 spiro atoms. The lowest BCUT2D eigenvalue weighted by Crippen LogP contribution is -2.00. The number of aromatic nitrogens is 1. The lowest BCUT2D eigenvalue weighted by molar-refractivity contribution is 1.31. The van der Waals surface area contributed by atoms with Crippen LogP contribution in [0.1, 0.15) is 5.56 Å². The Balaban J connectivity index is 2.30. The number of nitrogens with zero attached hydrogens (tertiary/aromatic N) is 2. The monoisotopic (exact) mass is 407 g/mol. The van der Waals surface area contributed by atoms with E-state index in [1.807, 2.05) is 0 Å². The lowest BCUT2D eigenvalue weighted by Gasteiger charge is -2.13. The largest absolute Gasteiger partial charge is 0.383 e. The Morgan fingerprint density at radius 1 is 0.880 bits per heavy atom. The molecule has 0 atom stereocenters. The van der Waals surface area contributed by atoms with E-state index >= 15 is 0 Å². The summed E-state index contributed by atoms with van der Waals surface area (Å²) in [7, 11) is 0. The molecule has 0 bridgehead atoms. The highest BCUT2D eigenvalue weighted by Crippen LogP contribution is 2.39. The summed E-state index contributed by atoms with van der Waals surface area (Å²) in [6.07, 6.45) is 0. The first-order chi connectivity index (χ1) is 11.9. The van der Waals surface area contributed by atoms with E-state index in [1.165, 1.54) is 0 Å². The van der Waals surface area contributed by atoms with Gasteiger partial charge in [0.05, 0.1) is 20.8 Å². The van der Waals surface area contributed by atoms with Crippen LogP contribution in [0.5, 0.6) is 0 Å². The molecule has 0 saturated carbocycles. The highest BCUT2D eigenvalue weighted by molar-refractivity contribution is 6.43. The van der Waals surface area contributed by atoms with E-state index in [1.54, 1.807) is 42.5 Å². The van der Waals surface area contributed by atoms with Crippen molar-refractivity contribution in [3.05, 3.63) is 68.1 Å². The van der Waals surface area contributed by atoms with Crippen molar-refractivity contribution < 1.29 is 0 Å². The molecule has 124 valence electrons. The number of benzene rings is 2. The molecular weight excluding hydrogens is 400 g/mol. The molecule has 2 N–H and O–H groups in total. The molecule has 7 heteroatoms. The second-order valence-corrected chi connectivity index (χ2v) is 6.78. The molecule has 0 unspecified atom stereocenters. The number of nitrogens with two attached hydrogens (primary N) is 1. The van der Waals surface area contributed by atoms with Crippen molar-refractivity contribution in [3.63, 3.8) is 0 Å². The van der Waals surface area contributed by atoms with Crippen LogP contribution in [0.25, 0.3) is 22.4 Å². The fourth-order valence-electron chi connectivity index (χ4n) is 2.44. The van der Waals surface area contributed by atoms with E-state index < -0.39 is 0 Å². The van der Waals surface area contributed by atoms with Crippen LogP contribution in [0.2, 0.25) is 20.1 Å². The van der Waals surface area contributed by atoms with Crippen molar-refractivity contribution in [2.45, 2.75) is 0 Å². The van der Waals surface area contributed by atoms with Gasteiger partial charge in [-0.2, -0.15) is 5.26 Å². The number of hydrogen-bond acceptors (Lipinski definition) is 3. The number of nitriles is 1. The number of anilines is 1. The number of hydrogen-bond donors (Lipinski definition) is 1. The Bertz CT molecular complexity index is 1030. The average molecular weight is 409 g/mol. The van der Waals surface area contributed by atoms with Crippen LogP contribution in [-0.4, -0.2) is 4.98 Å². The summed E-state index contributed by atoms with van der Waals surface area (Å²) in [4.78, 5) is 4.29. The van der Waals surface area contributed by atoms with Gasteiger partial charge in [-0.25, -0.2) is 4.98 Å². The van der Waals surface area contributed by atoms with Gasteiger partial charge in [0.2, 0.25) is 0 Å². The van der Waals surface area contributed by atoms with Gasteiger partial charge < -0.3 is 5.73 Å². The first-order valence-corrected chi connectivity index (χ1v) is 8.54. The quantitative estimate of drug-likeness (QED) is 0.527. The Labute approximate surface area is 164 Å². The third-order valence-electron chi connectivity index (χ3n) is 3.61. The zero-order valence-corrected chi connectivity index (χ0v) is 15.5. The van der Waals surface area contributed by atoms with Crippen LogP contribution in [-0.2, 0) is 0 Å². The van der Waals surface area contributed by atoms with Crippen LogP contribution in [0, 0.1) is 11.3 Å². The van der Waals surface area contributed by atoms with E-state index in [-0.39, 0.29) is 11.4 Å². The molecule has 3 nitrogen and oxygen atoms in total. The summed E-state index contributed by atoms with van der Waals surface area (Å²) < 4.78 is 0. The van der Waals surface area contributed by atoms with Gasteiger partial charge in [0.25, 0.3) is 0 Å². The van der Waals surface area contributed by atoms with E-state index in [9.17, 15) is 5.26 Å². The minimum absolute atomic E-state index is 0.0806. The Morgan fingerprint density at radius 3 is 2.32 bits per heavy atom. The standard InChI is InChI=1S/C18H9Cl4N3/c19-9-4-5-11(15(21)6-9)16-7-12(13(8-23)18(24)25-16)10-2-1-3-14(20)17(10)22/h1-7H,(H2,24,25). The average Bonchev–Trinajstić information content (AvgIpc) is 2.56. The highest BCUT2D eigenvalue weighted by Gasteiger charge is 2.17. The van der Waals surface area contributed by atoms with Crippen molar-refractivity contribution in [1.29, 1.82) is 5.26 Å². The summed E-state index contributed by atoms with van der Waals surface area (Å²) in [6, 6.07) is 14.0. The van der Waals surface area contributed by atoms with E-state index in [0.717, 1.165) is 0 Å². The van der Waals surface area contributed by atoms with Crippen LogP contribution in [0.3, 0.4) is 0 Å². The summed E-state index contributed by atoms with van der Waals surface area (Å²) in [5, 5.41) is 11.1. The van der Waals surface area contributed by atoms with Crippen molar-refractivity contribution >= 4 is 52.2 Å². The van der Waals surface area contributed by atoms with Gasteiger partial charge in [-0.3, -0.25) is 0 Å². The predicted molar refractivity (Wildman–Crippen MR) is 104 cm³/mol. The second-order valence-electron chi connectivity index (χ2n) is 5.15. The molecule has 0 saturated heterocycles. The number of pyridine rings is 1. The summed E-state index contributed by atoms with van der Waals surface area (Å²) in [6.45, 7) is 0. The molecule has 0 aliphatic carbocycles. The van der Waals surface area contributed by atoms with Crippen molar-refractivity contribution in [3.8, 4) is 28.5 Å². The van der Waals surface area contributed by atoms with Crippen molar-refractivity contribution in [2.24, 2.45) is 0 Å². The fourth-order valence-corrected chi connectivity index (χ4v) is 3.35. The Morgan fingerprint density at radius 2 is 1.64 bits per heavy atom. The van der Waals surface area contributed by atoms with Gasteiger partial charge in [0.15, 0.2) is 0 Å². The maximum Gasteiger partial charge on any atom is 0.142 e. The van der Waals surface area contributed by atoms with Gasteiger partial charge in [-0.1, -0.05) is 58.5 Å². The van der Waals surface area contributed by atoms with Gasteiger partial charge in [-0.15, -0.1) is 0 Å². The zero-order chi connectivity index (χ0) is 18.1. The van der Waals surface area contributed by atoms with E-state index in [4.69, 9.17) is 52.1 Å². The summed E-state index contributed by atoms with van der Waals surface area (Å²) in [5.74, 6) is 0.0806. The third kappa shape index (κ3) is 3.40. The van der Waals surface area contributed by atoms with Crippen LogP contribution < -0.4 is 5.73 Å². The smallest absolute Gasteiger partial charge is 0.142 e. The lowest BCUT2D eigenvalue weighted by atomic mass is 9.98. The molecule has 0 fully saturated rings. The van der Waals surface area contributed by atoms with Crippen LogP contribution in [0.4, 0.5) is 5.82 Å². The summed E-state index contributed by atoms with van der Waals surface area (Å²) >= 11 is 24.6. The van der Waals surface area contributed by atoms with E-state index in [0.29, 0.717) is 42.5 Å². The van der Waals surface area contributed by atoms with E-state index in [2.05, 4.69) is 11.1 Å². The maximum atomic E-state index is 9.48. The SMILES string of the molecule is N#Cc1c(-c2cccc(Cl)c2Cl)cc(-c2ccc(Cl)cc2Cl)nc1N. The van der Waals surface area contributed by atoms with Gasteiger partial charge in [0.1, 0.15) is 17.5 Å². The molecule has 0 amide bonds. The molecule has 1 aromatic heterocycles. The molecule has 0 radical (unpaired) electrons. The summed E-state index contributed by atoms with van der Waals surface area (Å²) in [5.41, 5.74) is 8.48. The highest BCUT2D eigenvalue weighted by atomic mass is 35.5. The zero-order valence-electron chi connectivity index (χ0n) is 12.5. The first-order valence-electron chi connectivity index (χ1n) is 7.02. The van der Waals surface area contributed by atoms with Crippen molar-refractivity contribution in [1.82, 2.24) is 4.98 Å². The second kappa shape index (κ2) is 7.11. The van der Waals surface area contributed by atoms with Crippen LogP contribution >= 0.6 is 46.4 Å². The van der Waals surface area contributed by atoms with Gasteiger partial charge in [-0.05, 0) is 30.3 Å². The Hall–Kier alpha value is -1.96. The molecule has 1 heterocycles. The van der Waals surface area contributed by atoms with Gasteiger partial charge >= 0.3 is 0 Å². The molecule has 0 aliphatic heterocycles. The topological polar surface area (TPSA) is 62.7 Å². The minimum Gasteiger partial charge on any atom is -0.383 e. The predicted octanol–water partition coefficient (Wildman–Crippen LogP) is 6.48. The molecule has 25 heavy (non-hydrogen) atoms. The maximum absolute atomic E-state index is 9.48. The molecule has 3 rings (SSSR count). The molecule has 2 aromatic carbocycles. The number of halogens is 4. The molecule has 3 aromatic rings. The molecule has 0 aliphatic rings. The fraction of sp³-hybridized carbons (Fsp3) is 0. The Kier molecular flexibility index (Phi) is 5.08. The van der Waals surface area contributed by atoms with Crippen LogP contribution in [0.15, 0.2) is 42.5 Å². The number of nitrogen functional groups attached to an aromatic ring is 1. The minimum atomic E-state index is 0.0806. The van der Waals surface area contributed by atoms with Gasteiger partial charge in [0, 0.05) is 21.7 Å². The third-order valence-corrected chi connectivity index (χ3v) is 4.97. The number of rotatable bonds is 2. The van der Waals surface area contributed by atoms with Crippen molar-refractivity contribution in [2.75, 3.05) is 5.73 Å². The normalized spacial score (nSPS) is 10.5. The molecular formula is C18H9Cl4N3.